The van der Waals surface area contributed by atoms with Crippen LogP contribution in [0.1, 0.15) is 27.7 Å². The predicted molar refractivity (Wildman–Crippen MR) is 92.6 cm³/mol. The van der Waals surface area contributed by atoms with Crippen molar-refractivity contribution in [2.45, 2.75) is 82.3 Å². The van der Waals surface area contributed by atoms with E-state index in [1.807, 2.05) is 111 Å². The van der Waals surface area contributed by atoms with Crippen LogP contribution in [-0.2, 0) is 0 Å². The molecule has 0 aliphatic heterocycles. The van der Waals surface area contributed by atoms with Gasteiger partial charge in [0.25, 0.3) is 0 Å². The van der Waals surface area contributed by atoms with E-state index in [1.165, 1.54) is 0 Å². The molecule has 0 heterocycles. The van der Waals surface area contributed by atoms with Crippen molar-refractivity contribution in [3.8, 4) is 0 Å². The molecule has 0 aromatic rings. The third-order valence-corrected chi connectivity index (χ3v) is 0. The van der Waals surface area contributed by atoms with Crippen molar-refractivity contribution in [2.75, 3.05) is 0 Å². The summed E-state index contributed by atoms with van der Waals surface area (Å²) < 4.78 is 0. The van der Waals surface area contributed by atoms with Gasteiger partial charge in [0.1, 0.15) is 29.1 Å². The SMILES string of the molecule is CC.CC.C[B]C.C[B]C.C[B]C.C[B]C. The van der Waals surface area contributed by atoms with E-state index >= 15 is 0 Å². The summed E-state index contributed by atoms with van der Waals surface area (Å²) in [6.45, 7) is 24.0. The minimum Gasteiger partial charge on any atom is -0.0922 e. The Morgan fingerprint density at radius 3 is 0.312 bits per heavy atom. The fraction of sp³-hybridized carbons (Fsp3) is 1.00. The maximum absolute atomic E-state index is 2.00. The Morgan fingerprint density at radius 2 is 0.312 bits per heavy atom. The second-order valence-electron chi connectivity index (χ2n) is 2.31. The predicted octanol–water partition coefficient (Wildman–Crippen LogP) is 5.20. The van der Waals surface area contributed by atoms with E-state index in [9.17, 15) is 0 Å². The van der Waals surface area contributed by atoms with Crippen molar-refractivity contribution in [3.05, 3.63) is 0 Å². The fourth-order valence-corrected chi connectivity index (χ4v) is 0. The van der Waals surface area contributed by atoms with Crippen LogP contribution < -0.4 is 0 Å². The molecule has 0 fully saturated rings. The van der Waals surface area contributed by atoms with Gasteiger partial charge in [-0.25, -0.2) is 0 Å². The number of hydrogen-bond acceptors (Lipinski definition) is 0. The number of hydrogen-bond donors (Lipinski definition) is 0. The summed E-state index contributed by atoms with van der Waals surface area (Å²) in [7, 11) is 8.00. The Morgan fingerprint density at radius 1 is 0.312 bits per heavy atom. The van der Waals surface area contributed by atoms with Crippen molar-refractivity contribution in [2.24, 2.45) is 0 Å². The first-order valence-corrected chi connectivity index (χ1v) is 6.62. The van der Waals surface area contributed by atoms with Gasteiger partial charge in [-0.2, -0.15) is 0 Å². The number of rotatable bonds is 0. The maximum Gasteiger partial charge on any atom is 0.102 e. The Bertz CT molecular complexity index is 21.0. The highest BCUT2D eigenvalue weighted by atomic mass is 13.0. The van der Waals surface area contributed by atoms with Crippen LogP contribution in [0.3, 0.4) is 0 Å². The first-order chi connectivity index (χ1) is 7.66. The molecule has 4 heteroatoms. The summed E-state index contributed by atoms with van der Waals surface area (Å²) >= 11 is 0. The van der Waals surface area contributed by atoms with Gasteiger partial charge < -0.3 is 0 Å². The summed E-state index contributed by atoms with van der Waals surface area (Å²) in [5.41, 5.74) is 0. The van der Waals surface area contributed by atoms with Crippen LogP contribution in [0.2, 0.25) is 54.6 Å². The zero-order valence-electron chi connectivity index (χ0n) is 14.3. The highest BCUT2D eigenvalue weighted by Crippen LogP contribution is 1.37. The average Bonchev–Trinajstić information content (AvgIpc) is 2.27. The van der Waals surface area contributed by atoms with Crippen molar-refractivity contribution in [1.29, 1.82) is 0 Å². The van der Waals surface area contributed by atoms with E-state index in [1.54, 1.807) is 0 Å². The van der Waals surface area contributed by atoms with Gasteiger partial charge in [0, 0.05) is 0 Å². The van der Waals surface area contributed by atoms with Crippen molar-refractivity contribution < 1.29 is 0 Å². The fourth-order valence-electron chi connectivity index (χ4n) is 0. The van der Waals surface area contributed by atoms with Crippen LogP contribution in [0.15, 0.2) is 0 Å². The van der Waals surface area contributed by atoms with Crippen LogP contribution in [-0.4, -0.2) is 29.1 Å². The van der Waals surface area contributed by atoms with E-state index in [4.69, 9.17) is 0 Å². The smallest absolute Gasteiger partial charge is 0.0922 e. The second-order valence-corrected chi connectivity index (χ2v) is 2.31. The minimum absolute atomic E-state index is 2.00. The van der Waals surface area contributed by atoms with Crippen molar-refractivity contribution in [1.82, 2.24) is 0 Å². The molecule has 0 aliphatic rings. The normalized spacial score (nSPS) is 4.25. The van der Waals surface area contributed by atoms with Gasteiger partial charge >= 0.3 is 0 Å². The quantitative estimate of drug-likeness (QED) is 0.495. The van der Waals surface area contributed by atoms with Gasteiger partial charge in [0.15, 0.2) is 0 Å². The third-order valence-electron chi connectivity index (χ3n) is 0. The molecule has 0 atom stereocenters. The average molecular weight is 224 g/mol. The van der Waals surface area contributed by atoms with Gasteiger partial charge in [-0.3, -0.25) is 0 Å². The second kappa shape index (κ2) is 171. The largest absolute Gasteiger partial charge is 0.102 e. The molecule has 0 saturated carbocycles. The molecule has 0 nitrogen and oxygen atoms in total. The van der Waals surface area contributed by atoms with Crippen LogP contribution in [0.5, 0.6) is 0 Å². The first kappa shape index (κ1) is 36.0. The summed E-state index contributed by atoms with van der Waals surface area (Å²) in [5, 5.41) is 0. The molecule has 0 spiro atoms. The van der Waals surface area contributed by atoms with Crippen LogP contribution in [0.25, 0.3) is 0 Å². The topological polar surface area (TPSA) is 0 Å². The molecule has 0 aromatic carbocycles. The lowest BCUT2D eigenvalue weighted by Crippen LogP contribution is -1.53. The minimum atomic E-state index is 2.00. The Kier molecular flexibility index (Phi) is 384. The molecule has 0 unspecified atom stereocenters. The van der Waals surface area contributed by atoms with Crippen LogP contribution in [0.4, 0.5) is 0 Å². The molecule has 4 radical (unpaired) electrons. The van der Waals surface area contributed by atoms with Gasteiger partial charge in [-0.05, 0) is 0 Å². The van der Waals surface area contributed by atoms with Crippen molar-refractivity contribution in [3.63, 3.8) is 0 Å². The maximum atomic E-state index is 2.00. The molecular formula is C12H36B4. The Labute approximate surface area is 112 Å². The monoisotopic (exact) mass is 224 g/mol. The van der Waals surface area contributed by atoms with E-state index in [2.05, 4.69) is 0 Å². The first-order valence-electron chi connectivity index (χ1n) is 6.62. The van der Waals surface area contributed by atoms with Crippen LogP contribution >= 0.6 is 0 Å². The summed E-state index contributed by atoms with van der Waals surface area (Å²) in [5.74, 6) is 0. The van der Waals surface area contributed by atoms with E-state index < -0.39 is 0 Å². The van der Waals surface area contributed by atoms with E-state index in [0.717, 1.165) is 0 Å². The zero-order chi connectivity index (χ0) is 14.8. The molecule has 0 saturated heterocycles. The highest BCUT2D eigenvalue weighted by Gasteiger charge is 1.43. The molecule has 0 rings (SSSR count). The van der Waals surface area contributed by atoms with Crippen LogP contribution in [0, 0.1) is 0 Å². The van der Waals surface area contributed by atoms with Gasteiger partial charge in [-0.15, -0.1) is 0 Å². The van der Waals surface area contributed by atoms with E-state index in [-0.39, 0.29) is 0 Å². The molecule has 16 heavy (non-hydrogen) atoms. The third kappa shape index (κ3) is 37200. The van der Waals surface area contributed by atoms with Gasteiger partial charge in [-0.1, -0.05) is 82.3 Å². The molecule has 96 valence electrons. The summed E-state index contributed by atoms with van der Waals surface area (Å²) in [6, 6.07) is 0. The molecular weight excluding hydrogens is 187 g/mol. The summed E-state index contributed by atoms with van der Waals surface area (Å²) in [6.07, 6.45) is 0. The van der Waals surface area contributed by atoms with Crippen molar-refractivity contribution >= 4 is 29.1 Å². The highest BCUT2D eigenvalue weighted by molar-refractivity contribution is 6.31. The Hall–Kier alpha value is 0.260. The lowest BCUT2D eigenvalue weighted by Gasteiger charge is -1.41. The summed E-state index contributed by atoms with van der Waals surface area (Å²) in [4.78, 5) is 0. The van der Waals surface area contributed by atoms with Gasteiger partial charge in [0.2, 0.25) is 0 Å². The lowest BCUT2D eigenvalue weighted by molar-refractivity contribution is 1.50. The zero-order valence-corrected chi connectivity index (χ0v) is 14.3. The van der Waals surface area contributed by atoms with E-state index in [0.29, 0.717) is 0 Å². The standard InChI is InChI=1S/4C2H6B.2C2H6/c4*1-3-2;2*1-2/h4*1-2H3;2*1-2H3. The lowest BCUT2D eigenvalue weighted by atomic mass is 9.88. The molecule has 0 amide bonds. The molecule has 0 N–H and O–H groups in total. The molecule has 0 aromatic heterocycles. The Balaban J connectivity index is -0.0000000190. The van der Waals surface area contributed by atoms with Gasteiger partial charge in [0.05, 0.1) is 0 Å². The molecule has 0 bridgehead atoms. The molecule has 0 aliphatic carbocycles.